The van der Waals surface area contributed by atoms with Crippen molar-refractivity contribution in [1.29, 1.82) is 0 Å². The third-order valence-corrected chi connectivity index (χ3v) is 2.84. The molecule has 0 spiro atoms. The second kappa shape index (κ2) is 6.77. The Labute approximate surface area is 121 Å². The highest BCUT2D eigenvalue weighted by atomic mass is 35.5. The van der Waals surface area contributed by atoms with E-state index in [1.807, 2.05) is 6.07 Å². The van der Waals surface area contributed by atoms with Gasteiger partial charge < -0.3 is 15.6 Å². The van der Waals surface area contributed by atoms with Crippen molar-refractivity contribution in [2.75, 3.05) is 13.1 Å². The highest BCUT2D eigenvalue weighted by Gasteiger charge is 2.07. The molecule has 0 aliphatic heterocycles. The van der Waals surface area contributed by atoms with Gasteiger partial charge in [-0.1, -0.05) is 29.8 Å². The standard InChI is InChI=1S/C14H14ClN3O2/c15-11-8-12(18-9-11)14(20)17-7-6-16-13(19)10-4-2-1-3-5-10/h1-5,8-9,18H,6-7H2,(H,16,19)(H,17,20). The maximum Gasteiger partial charge on any atom is 0.267 e. The molecule has 6 heteroatoms. The number of benzene rings is 1. The van der Waals surface area contributed by atoms with Crippen molar-refractivity contribution in [3.63, 3.8) is 0 Å². The minimum atomic E-state index is -0.258. The zero-order valence-corrected chi connectivity index (χ0v) is 11.4. The van der Waals surface area contributed by atoms with E-state index in [1.165, 1.54) is 6.20 Å². The van der Waals surface area contributed by atoms with Crippen molar-refractivity contribution >= 4 is 23.4 Å². The van der Waals surface area contributed by atoms with E-state index in [4.69, 9.17) is 11.6 Å². The van der Waals surface area contributed by atoms with E-state index in [-0.39, 0.29) is 11.8 Å². The fourth-order valence-corrected chi connectivity index (χ4v) is 1.80. The number of hydrogen-bond donors (Lipinski definition) is 3. The van der Waals surface area contributed by atoms with E-state index in [0.717, 1.165) is 0 Å². The predicted molar refractivity (Wildman–Crippen MR) is 76.9 cm³/mol. The minimum absolute atomic E-state index is 0.164. The molecule has 1 aromatic heterocycles. The summed E-state index contributed by atoms with van der Waals surface area (Å²) in [6.07, 6.45) is 1.54. The lowest BCUT2D eigenvalue weighted by Gasteiger charge is -2.06. The zero-order valence-electron chi connectivity index (χ0n) is 10.7. The van der Waals surface area contributed by atoms with Gasteiger partial charge in [-0.15, -0.1) is 0 Å². The molecule has 0 aliphatic carbocycles. The Morgan fingerprint density at radius 1 is 1.05 bits per heavy atom. The van der Waals surface area contributed by atoms with Crippen LogP contribution < -0.4 is 10.6 Å². The fourth-order valence-electron chi connectivity index (χ4n) is 1.64. The van der Waals surface area contributed by atoms with Gasteiger partial charge in [-0.25, -0.2) is 0 Å². The summed E-state index contributed by atoms with van der Waals surface area (Å²) in [4.78, 5) is 26.1. The minimum Gasteiger partial charge on any atom is -0.356 e. The van der Waals surface area contributed by atoms with Crippen LogP contribution in [0.1, 0.15) is 20.8 Å². The number of H-pyrrole nitrogens is 1. The third kappa shape index (κ3) is 3.86. The lowest BCUT2D eigenvalue weighted by molar-refractivity contribution is 0.0925. The van der Waals surface area contributed by atoms with Crippen molar-refractivity contribution in [3.8, 4) is 0 Å². The van der Waals surface area contributed by atoms with Crippen molar-refractivity contribution in [2.45, 2.75) is 0 Å². The van der Waals surface area contributed by atoms with Gasteiger partial charge in [0.2, 0.25) is 0 Å². The summed E-state index contributed by atoms with van der Waals surface area (Å²) in [5.74, 6) is -0.423. The number of aromatic amines is 1. The largest absolute Gasteiger partial charge is 0.356 e. The van der Waals surface area contributed by atoms with E-state index in [2.05, 4.69) is 15.6 Å². The molecule has 1 heterocycles. The quantitative estimate of drug-likeness (QED) is 0.735. The van der Waals surface area contributed by atoms with Crippen LogP contribution in [0.2, 0.25) is 5.02 Å². The summed E-state index contributed by atoms with van der Waals surface area (Å²) in [5, 5.41) is 5.88. The molecule has 104 valence electrons. The van der Waals surface area contributed by atoms with Crippen molar-refractivity contribution in [3.05, 3.63) is 58.9 Å². The van der Waals surface area contributed by atoms with Gasteiger partial charge in [-0.2, -0.15) is 0 Å². The molecular weight excluding hydrogens is 278 g/mol. The highest BCUT2D eigenvalue weighted by Crippen LogP contribution is 2.08. The smallest absolute Gasteiger partial charge is 0.267 e. The van der Waals surface area contributed by atoms with Crippen molar-refractivity contribution in [1.82, 2.24) is 15.6 Å². The first-order chi connectivity index (χ1) is 9.66. The molecular formula is C14H14ClN3O2. The summed E-state index contributed by atoms with van der Waals surface area (Å²) < 4.78 is 0. The number of carbonyl (C=O) groups excluding carboxylic acids is 2. The van der Waals surface area contributed by atoms with Gasteiger partial charge in [0.05, 0.1) is 5.02 Å². The number of aromatic nitrogens is 1. The maximum atomic E-state index is 11.7. The van der Waals surface area contributed by atoms with Crippen molar-refractivity contribution in [2.24, 2.45) is 0 Å². The fraction of sp³-hybridized carbons (Fsp3) is 0.143. The predicted octanol–water partition coefficient (Wildman–Crippen LogP) is 1.83. The molecule has 2 rings (SSSR count). The van der Waals surface area contributed by atoms with Crippen LogP contribution in [0.4, 0.5) is 0 Å². The molecule has 2 aromatic rings. The molecule has 20 heavy (non-hydrogen) atoms. The monoisotopic (exact) mass is 291 g/mol. The van der Waals surface area contributed by atoms with E-state index < -0.39 is 0 Å². The Kier molecular flexibility index (Phi) is 4.79. The second-order valence-electron chi connectivity index (χ2n) is 4.11. The summed E-state index contributed by atoms with van der Waals surface area (Å²) in [6, 6.07) is 10.4. The molecule has 1 aromatic carbocycles. The summed E-state index contributed by atoms with van der Waals surface area (Å²) in [6.45, 7) is 0.696. The molecule has 0 saturated carbocycles. The van der Waals surface area contributed by atoms with E-state index in [0.29, 0.717) is 29.4 Å². The molecule has 5 nitrogen and oxygen atoms in total. The number of hydrogen-bond acceptors (Lipinski definition) is 2. The lowest BCUT2D eigenvalue weighted by atomic mass is 10.2. The molecule has 0 bridgehead atoms. The topological polar surface area (TPSA) is 74.0 Å². The molecule has 0 fully saturated rings. The summed E-state index contributed by atoms with van der Waals surface area (Å²) in [5.41, 5.74) is 0.986. The van der Waals surface area contributed by atoms with Crippen molar-refractivity contribution < 1.29 is 9.59 Å². The van der Waals surface area contributed by atoms with Crippen LogP contribution in [0, 0.1) is 0 Å². The lowest BCUT2D eigenvalue weighted by Crippen LogP contribution is -2.34. The zero-order chi connectivity index (χ0) is 14.4. The molecule has 0 saturated heterocycles. The first-order valence-corrected chi connectivity index (χ1v) is 6.50. The SMILES string of the molecule is O=C(NCCNC(=O)c1cc(Cl)c[nH]1)c1ccccc1. The van der Waals surface area contributed by atoms with Crippen LogP contribution in [-0.2, 0) is 0 Å². The van der Waals surface area contributed by atoms with Gasteiger partial charge in [0, 0.05) is 24.8 Å². The molecule has 2 amide bonds. The van der Waals surface area contributed by atoms with E-state index in [1.54, 1.807) is 30.3 Å². The third-order valence-electron chi connectivity index (χ3n) is 2.62. The maximum absolute atomic E-state index is 11.7. The first kappa shape index (κ1) is 14.1. The van der Waals surface area contributed by atoms with E-state index in [9.17, 15) is 9.59 Å². The van der Waals surface area contributed by atoms with Crippen LogP contribution in [0.15, 0.2) is 42.6 Å². The Hall–Kier alpha value is -2.27. The van der Waals surface area contributed by atoms with Gasteiger partial charge in [-0.05, 0) is 18.2 Å². The first-order valence-electron chi connectivity index (χ1n) is 6.12. The van der Waals surface area contributed by atoms with Crippen LogP contribution in [0.3, 0.4) is 0 Å². The Bertz CT molecular complexity index is 595. The molecule has 0 atom stereocenters. The van der Waals surface area contributed by atoms with Gasteiger partial charge in [0.1, 0.15) is 5.69 Å². The van der Waals surface area contributed by atoms with E-state index >= 15 is 0 Å². The van der Waals surface area contributed by atoms with Gasteiger partial charge in [0.25, 0.3) is 11.8 Å². The number of amides is 2. The molecule has 3 N–H and O–H groups in total. The molecule has 0 aliphatic rings. The second-order valence-corrected chi connectivity index (χ2v) is 4.55. The summed E-state index contributed by atoms with van der Waals surface area (Å²) in [7, 11) is 0. The van der Waals surface area contributed by atoms with Crippen LogP contribution in [0.25, 0.3) is 0 Å². The summed E-state index contributed by atoms with van der Waals surface area (Å²) >= 11 is 5.71. The number of nitrogens with one attached hydrogen (secondary N) is 3. The normalized spacial score (nSPS) is 10.1. The number of rotatable bonds is 5. The Morgan fingerprint density at radius 2 is 1.70 bits per heavy atom. The van der Waals surface area contributed by atoms with Crippen LogP contribution in [0.5, 0.6) is 0 Å². The van der Waals surface area contributed by atoms with Gasteiger partial charge >= 0.3 is 0 Å². The van der Waals surface area contributed by atoms with Gasteiger partial charge in [0.15, 0.2) is 0 Å². The van der Waals surface area contributed by atoms with Gasteiger partial charge in [-0.3, -0.25) is 9.59 Å². The molecule has 0 unspecified atom stereocenters. The van der Waals surface area contributed by atoms with Crippen LogP contribution in [-0.4, -0.2) is 29.9 Å². The van der Waals surface area contributed by atoms with Crippen LogP contribution >= 0.6 is 11.6 Å². The number of carbonyl (C=O) groups is 2. The molecule has 0 radical (unpaired) electrons. The highest BCUT2D eigenvalue weighted by molar-refractivity contribution is 6.30. The Balaban J connectivity index is 1.72. The number of halogens is 1. The average molecular weight is 292 g/mol. The Morgan fingerprint density at radius 3 is 2.30 bits per heavy atom. The average Bonchev–Trinajstić information content (AvgIpc) is 2.91.